The highest BCUT2D eigenvalue weighted by Gasteiger charge is 2.75. The molecule has 1 unspecified atom stereocenters. The number of amides is 4. The van der Waals surface area contributed by atoms with Gasteiger partial charge in [-0.1, -0.05) is 12.1 Å². The van der Waals surface area contributed by atoms with E-state index in [2.05, 4.69) is 62.7 Å². The summed E-state index contributed by atoms with van der Waals surface area (Å²) in [4.78, 5) is 85.8. The van der Waals surface area contributed by atoms with Crippen LogP contribution in [0.2, 0.25) is 0 Å². The lowest BCUT2D eigenvalue weighted by atomic mass is 9.34. The van der Waals surface area contributed by atoms with Crippen LogP contribution in [0.1, 0.15) is 112 Å². The van der Waals surface area contributed by atoms with E-state index in [1.807, 2.05) is 25.4 Å². The van der Waals surface area contributed by atoms with Gasteiger partial charge in [0.1, 0.15) is 11.4 Å². The van der Waals surface area contributed by atoms with Crippen LogP contribution in [-0.4, -0.2) is 160 Å². The number of hydrogen-bond acceptors (Lipinski definition) is 14. The average molecular weight is 947 g/mol. The van der Waals surface area contributed by atoms with Crippen molar-refractivity contribution in [1.29, 1.82) is 0 Å². The number of aryl methyl sites for hydroxylation is 2. The maximum absolute atomic E-state index is 14.0. The number of nitrogens with zero attached hydrogens (tertiary/aromatic N) is 9. The molecular formula is C51H70N12O6. The van der Waals surface area contributed by atoms with Crippen molar-refractivity contribution >= 4 is 52.7 Å². The molecule has 1 aromatic carbocycles. The summed E-state index contributed by atoms with van der Waals surface area (Å²) in [7, 11) is 1.84. The van der Waals surface area contributed by atoms with E-state index in [1.54, 1.807) is 24.7 Å². The molecule has 0 radical (unpaired) electrons. The number of ether oxygens (including phenoxy) is 1. The quantitative estimate of drug-likeness (QED) is 0.152. The van der Waals surface area contributed by atoms with Crippen molar-refractivity contribution in [2.75, 3.05) is 94.1 Å². The third-order valence-corrected chi connectivity index (χ3v) is 16.7. The van der Waals surface area contributed by atoms with Crippen molar-refractivity contribution in [3.05, 3.63) is 53.5 Å². The molecule has 6 heterocycles. The third kappa shape index (κ3) is 9.79. The molecule has 8 aliphatic rings. The monoisotopic (exact) mass is 947 g/mol. The second-order valence-electron chi connectivity index (χ2n) is 21.1. The summed E-state index contributed by atoms with van der Waals surface area (Å²) in [5, 5.41) is 13.5. The Morgan fingerprint density at radius 2 is 1.48 bits per heavy atom. The predicted molar refractivity (Wildman–Crippen MR) is 260 cm³/mol. The molecule has 3 N–H and O–H groups in total. The van der Waals surface area contributed by atoms with Crippen molar-refractivity contribution in [3.8, 4) is 0 Å². The minimum Gasteiger partial charge on any atom is -0.462 e. The second kappa shape index (κ2) is 19.6. The Kier molecular flexibility index (Phi) is 13.4. The summed E-state index contributed by atoms with van der Waals surface area (Å²) in [6, 6.07) is 8.89. The summed E-state index contributed by atoms with van der Waals surface area (Å²) in [5.41, 5.74) is 3.15. The molecule has 1 atom stereocenters. The maximum atomic E-state index is 14.0. The zero-order chi connectivity index (χ0) is 47.9. The van der Waals surface area contributed by atoms with Gasteiger partial charge < -0.3 is 30.1 Å². The summed E-state index contributed by atoms with van der Waals surface area (Å²) >= 11 is 0. The average Bonchev–Trinajstić information content (AvgIpc) is 3.74. The largest absolute Gasteiger partial charge is 0.462 e. The molecule has 0 spiro atoms. The first-order valence-corrected chi connectivity index (χ1v) is 25.7. The number of aromatic nitrogens is 4. The summed E-state index contributed by atoms with van der Waals surface area (Å²) < 4.78 is 7.09. The highest BCUT2D eigenvalue weighted by Crippen LogP contribution is 2.74. The zero-order valence-electron chi connectivity index (χ0n) is 40.7. The number of carbonyl (C=O) groups excluding carboxylic acids is 5. The van der Waals surface area contributed by atoms with Gasteiger partial charge in [0.2, 0.25) is 29.6 Å². The fourth-order valence-corrected chi connectivity index (χ4v) is 12.7. The van der Waals surface area contributed by atoms with Gasteiger partial charge in [0, 0.05) is 103 Å². The molecule has 4 aliphatic heterocycles. The number of piperazine rings is 2. The van der Waals surface area contributed by atoms with Crippen LogP contribution in [0.4, 0.5) is 23.1 Å². The first-order chi connectivity index (χ1) is 33.4. The van der Waals surface area contributed by atoms with E-state index >= 15 is 0 Å². The van der Waals surface area contributed by atoms with Gasteiger partial charge in [-0.25, -0.2) is 9.78 Å². The second-order valence-corrected chi connectivity index (χ2v) is 21.1. The number of hydrogen-bond donors (Lipinski definition) is 3. The van der Waals surface area contributed by atoms with Crippen LogP contribution in [0.15, 0.2) is 36.7 Å². The van der Waals surface area contributed by atoms with Crippen molar-refractivity contribution in [2.45, 2.75) is 109 Å². The number of piperidine rings is 2. The molecule has 8 fully saturated rings. The van der Waals surface area contributed by atoms with Gasteiger partial charge in [-0.3, -0.25) is 39.0 Å². The van der Waals surface area contributed by atoms with Gasteiger partial charge in [-0.05, 0) is 115 Å². The fraction of sp³-hybridized carbons (Fsp3) is 0.647. The highest BCUT2D eigenvalue weighted by atomic mass is 16.5. The van der Waals surface area contributed by atoms with E-state index in [0.717, 1.165) is 147 Å². The molecule has 11 rings (SSSR count). The Morgan fingerprint density at radius 3 is 2.10 bits per heavy atom. The minimum absolute atomic E-state index is 0.149. The minimum atomic E-state index is -0.436. The van der Waals surface area contributed by atoms with E-state index in [-0.39, 0.29) is 47.1 Å². The van der Waals surface area contributed by atoms with Crippen molar-refractivity contribution in [1.82, 2.24) is 44.7 Å². The Labute approximate surface area is 405 Å². The van der Waals surface area contributed by atoms with Gasteiger partial charge in [-0.15, -0.1) is 0 Å². The zero-order valence-corrected chi connectivity index (χ0v) is 40.7. The SMILES string of the molecule is CCOC(=O)c1c(C)nc(Nc2cnn(C)c2)nc1NC1CCC(N2CCN(C(=O)C34CC(C(=O)N5CCC(CCN6CCN(c7ccc(C8CCC(=O)NC8=O)cc7)CC6)CC5)(C3)C4)CC2)CC1. The van der Waals surface area contributed by atoms with Crippen molar-refractivity contribution in [3.63, 3.8) is 0 Å². The maximum Gasteiger partial charge on any atom is 0.343 e. The van der Waals surface area contributed by atoms with E-state index in [4.69, 9.17) is 9.72 Å². The molecular weight excluding hydrogens is 877 g/mol. The van der Waals surface area contributed by atoms with E-state index in [9.17, 15) is 24.0 Å². The number of anilines is 4. The van der Waals surface area contributed by atoms with Crippen LogP contribution in [0, 0.1) is 23.7 Å². The lowest BCUT2D eigenvalue weighted by Crippen LogP contribution is -2.73. The normalized spacial score (nSPS) is 27.8. The fourth-order valence-electron chi connectivity index (χ4n) is 12.7. The number of rotatable bonds is 14. The van der Waals surface area contributed by atoms with Gasteiger partial charge in [0.25, 0.3) is 0 Å². The Morgan fingerprint density at radius 1 is 0.812 bits per heavy atom. The molecule has 4 amide bonds. The van der Waals surface area contributed by atoms with E-state index < -0.39 is 5.97 Å². The van der Waals surface area contributed by atoms with Crippen LogP contribution >= 0.6 is 0 Å². The topological polar surface area (TPSA) is 190 Å². The van der Waals surface area contributed by atoms with Gasteiger partial charge >= 0.3 is 5.97 Å². The highest BCUT2D eigenvalue weighted by molar-refractivity contribution is 6.01. The molecule has 4 aliphatic carbocycles. The number of esters is 1. The third-order valence-electron chi connectivity index (χ3n) is 16.7. The van der Waals surface area contributed by atoms with Gasteiger partial charge in [-0.2, -0.15) is 10.1 Å². The molecule has 3 aromatic rings. The first kappa shape index (κ1) is 47.1. The molecule has 2 aromatic heterocycles. The lowest BCUT2D eigenvalue weighted by Gasteiger charge is -2.69. The lowest BCUT2D eigenvalue weighted by molar-refractivity contribution is -0.223. The molecule has 18 nitrogen and oxygen atoms in total. The van der Waals surface area contributed by atoms with E-state index in [1.165, 1.54) is 5.69 Å². The van der Waals surface area contributed by atoms with Crippen LogP contribution < -0.4 is 20.9 Å². The molecule has 69 heavy (non-hydrogen) atoms. The van der Waals surface area contributed by atoms with Crippen LogP contribution in [0.5, 0.6) is 0 Å². The molecule has 2 bridgehead atoms. The smallest absolute Gasteiger partial charge is 0.343 e. The molecule has 18 heteroatoms. The van der Waals surface area contributed by atoms with Crippen molar-refractivity contribution < 1.29 is 28.7 Å². The van der Waals surface area contributed by atoms with Crippen LogP contribution in [0.3, 0.4) is 0 Å². The number of nitrogens with one attached hydrogen (secondary N) is 3. The van der Waals surface area contributed by atoms with Gasteiger partial charge in [0.05, 0.1) is 40.9 Å². The molecule has 370 valence electrons. The number of likely N-dealkylation sites (tertiary alicyclic amines) is 1. The first-order valence-electron chi connectivity index (χ1n) is 25.7. The number of carbonyl (C=O) groups is 5. The van der Waals surface area contributed by atoms with Crippen LogP contribution in [-0.2, 0) is 31.0 Å². The van der Waals surface area contributed by atoms with E-state index in [0.29, 0.717) is 53.7 Å². The molecule has 4 saturated carbocycles. The van der Waals surface area contributed by atoms with Crippen LogP contribution in [0.25, 0.3) is 0 Å². The number of benzene rings is 1. The van der Waals surface area contributed by atoms with Crippen molar-refractivity contribution in [2.24, 2.45) is 23.8 Å². The van der Waals surface area contributed by atoms with Gasteiger partial charge in [0.15, 0.2) is 0 Å². The predicted octanol–water partition coefficient (Wildman–Crippen LogP) is 4.45. The summed E-state index contributed by atoms with van der Waals surface area (Å²) in [5.74, 6) is 0.992. The number of imide groups is 1. The summed E-state index contributed by atoms with van der Waals surface area (Å²) in [6.07, 6.45) is 13.8. The standard InChI is InChI=1S/C51H70N12O6/c1-4-69-46(66)43-34(2)53-49(55-38-29-52-58(3)30-38)57-44(43)54-37-7-11-40(12-8-37)61-25-27-63(28-26-61)48(68)51-31-50(32-51,33-51)47(67)62-19-16-35(17-20-62)15-18-59-21-23-60(24-22-59)39-9-5-36(6-10-39)41-13-14-42(64)56-45(41)65/h5-6,9-10,29-30,35,37,40-41H,4,7-8,11-28,31-33H2,1-3H3,(H,56,64,65)(H2,53,54,55,57). The summed E-state index contributed by atoms with van der Waals surface area (Å²) in [6.45, 7) is 13.8. The Hall–Kier alpha value is -5.62. The Bertz CT molecular complexity index is 2370. The Balaban J connectivity index is 0.618. The molecule has 4 saturated heterocycles.